The van der Waals surface area contributed by atoms with Crippen molar-refractivity contribution in [2.24, 2.45) is 0 Å². The van der Waals surface area contributed by atoms with Crippen LogP contribution >= 0.6 is 0 Å². The van der Waals surface area contributed by atoms with E-state index < -0.39 is 0 Å². The quantitative estimate of drug-likeness (QED) is 0.169. The number of para-hydroxylation sites is 1. The minimum atomic E-state index is -0.251. The number of rotatable bonds is 5. The van der Waals surface area contributed by atoms with Crippen LogP contribution in [-0.2, 0) is 5.41 Å². The van der Waals surface area contributed by atoms with Crippen LogP contribution in [0.25, 0.3) is 82.4 Å². The molecule has 0 bridgehead atoms. The third-order valence-corrected chi connectivity index (χ3v) is 13.1. The second kappa shape index (κ2) is 13.7. The van der Waals surface area contributed by atoms with Crippen molar-refractivity contribution in [3.8, 4) is 39.1 Å². The van der Waals surface area contributed by atoms with Crippen LogP contribution in [0.2, 0.25) is 0 Å². The monoisotopic (exact) mass is 778 g/mol. The molecule has 2 heterocycles. The highest BCUT2D eigenvalue weighted by Gasteiger charge is 2.38. The smallest absolute Gasteiger partial charge is 0.0541 e. The minimum Gasteiger partial charge on any atom is -0.310 e. The van der Waals surface area contributed by atoms with E-state index in [4.69, 9.17) is 0 Å². The van der Waals surface area contributed by atoms with Crippen LogP contribution in [0.1, 0.15) is 25.0 Å². The SMILES string of the molecule is CC1(C)c2ccc(-c3ccc4c(c3)c3ccccc3n4-c3cccc4ccccc34)cc2N(c2cc(-c3ccccc3)cc(-c3ccccc3)c2)c2cc3ccccc3cc21. The third-order valence-electron chi connectivity index (χ3n) is 13.1. The topological polar surface area (TPSA) is 8.17 Å². The van der Waals surface area contributed by atoms with E-state index in [1.165, 1.54) is 105 Å². The van der Waals surface area contributed by atoms with Crippen LogP contribution in [0.3, 0.4) is 0 Å². The summed E-state index contributed by atoms with van der Waals surface area (Å²) in [6.07, 6.45) is 0. The summed E-state index contributed by atoms with van der Waals surface area (Å²) < 4.78 is 2.44. The lowest BCUT2D eigenvalue weighted by Gasteiger charge is -2.42. The van der Waals surface area contributed by atoms with Crippen molar-refractivity contribution in [3.05, 3.63) is 230 Å². The van der Waals surface area contributed by atoms with Crippen molar-refractivity contribution >= 4 is 60.4 Å². The first kappa shape index (κ1) is 35.3. The molecular weight excluding hydrogens is 737 g/mol. The van der Waals surface area contributed by atoms with Crippen molar-refractivity contribution in [3.63, 3.8) is 0 Å². The Morgan fingerprint density at radius 1 is 0.311 bits per heavy atom. The fraction of sp³-hybridized carbons (Fsp3) is 0.0508. The van der Waals surface area contributed by atoms with Crippen molar-refractivity contribution < 1.29 is 0 Å². The molecule has 1 aliphatic heterocycles. The van der Waals surface area contributed by atoms with Gasteiger partial charge in [-0.3, -0.25) is 0 Å². The Labute approximate surface area is 356 Å². The molecule has 1 aromatic heterocycles. The van der Waals surface area contributed by atoms with E-state index in [1.807, 2.05) is 0 Å². The van der Waals surface area contributed by atoms with E-state index >= 15 is 0 Å². The lowest BCUT2D eigenvalue weighted by atomic mass is 9.72. The van der Waals surface area contributed by atoms with Crippen LogP contribution in [0.15, 0.2) is 218 Å². The average molecular weight is 779 g/mol. The standard InChI is InChI=1S/C59H42N2/c1-59(2)52-30-28-45(44-29-31-56-51(35-44)50-25-13-14-26-55(50)61(56)54-27-15-23-41-20-11-12-24-49(41)54)38-57(52)60(58-37-43-22-10-9-21-42(43)36-53(58)59)48-33-46(39-16-5-3-6-17-39)32-47(34-48)40-18-7-4-8-19-40/h3-38H,1-2H3. The van der Waals surface area contributed by atoms with Gasteiger partial charge < -0.3 is 9.47 Å². The summed E-state index contributed by atoms with van der Waals surface area (Å²) in [5, 5.41) is 7.47. The van der Waals surface area contributed by atoms with Crippen LogP contribution in [-0.4, -0.2) is 4.57 Å². The maximum absolute atomic E-state index is 2.54. The predicted octanol–water partition coefficient (Wildman–Crippen LogP) is 16.2. The van der Waals surface area contributed by atoms with Gasteiger partial charge in [0.2, 0.25) is 0 Å². The Morgan fingerprint density at radius 3 is 1.61 bits per heavy atom. The molecular formula is C59H42N2. The Morgan fingerprint density at radius 2 is 0.869 bits per heavy atom. The molecule has 0 N–H and O–H groups in total. The van der Waals surface area contributed by atoms with Gasteiger partial charge in [0.25, 0.3) is 0 Å². The summed E-state index contributed by atoms with van der Waals surface area (Å²) in [4.78, 5) is 2.54. The number of anilines is 3. The first-order valence-electron chi connectivity index (χ1n) is 21.3. The highest BCUT2D eigenvalue weighted by atomic mass is 15.2. The number of benzene rings is 10. The van der Waals surface area contributed by atoms with E-state index in [1.54, 1.807) is 0 Å². The van der Waals surface area contributed by atoms with Gasteiger partial charge in [-0.1, -0.05) is 172 Å². The number of fused-ring (bicyclic) bond motifs is 7. The first-order valence-corrected chi connectivity index (χ1v) is 21.3. The minimum absolute atomic E-state index is 0.251. The maximum atomic E-state index is 2.54. The second-order valence-electron chi connectivity index (χ2n) is 17.0. The van der Waals surface area contributed by atoms with E-state index in [0.717, 1.165) is 5.69 Å². The van der Waals surface area contributed by atoms with Gasteiger partial charge in [0.05, 0.1) is 28.1 Å². The largest absolute Gasteiger partial charge is 0.310 e. The van der Waals surface area contributed by atoms with Gasteiger partial charge in [-0.15, -0.1) is 0 Å². The summed E-state index contributed by atoms with van der Waals surface area (Å²) in [6.45, 7) is 4.78. The molecule has 0 amide bonds. The molecule has 0 radical (unpaired) electrons. The lowest BCUT2D eigenvalue weighted by molar-refractivity contribution is 0.633. The highest BCUT2D eigenvalue weighted by molar-refractivity contribution is 6.12. The average Bonchev–Trinajstić information content (AvgIpc) is 3.65. The molecule has 12 rings (SSSR count). The maximum Gasteiger partial charge on any atom is 0.0541 e. The zero-order valence-corrected chi connectivity index (χ0v) is 34.2. The van der Waals surface area contributed by atoms with E-state index in [-0.39, 0.29) is 5.41 Å². The molecule has 288 valence electrons. The molecule has 0 unspecified atom stereocenters. The normalized spacial score (nSPS) is 13.2. The van der Waals surface area contributed by atoms with Crippen molar-refractivity contribution in [2.75, 3.05) is 4.90 Å². The molecule has 1 aliphatic rings. The van der Waals surface area contributed by atoms with Gasteiger partial charge in [0, 0.05) is 27.3 Å². The fourth-order valence-corrected chi connectivity index (χ4v) is 10.0. The summed E-state index contributed by atoms with van der Waals surface area (Å²) in [6, 6.07) is 80.7. The summed E-state index contributed by atoms with van der Waals surface area (Å²) in [7, 11) is 0. The molecule has 61 heavy (non-hydrogen) atoms. The third kappa shape index (κ3) is 5.64. The van der Waals surface area contributed by atoms with Gasteiger partial charge in [-0.05, 0) is 121 Å². The number of hydrogen-bond donors (Lipinski definition) is 0. The highest BCUT2D eigenvalue weighted by Crippen LogP contribution is 2.54. The first-order chi connectivity index (χ1) is 30.0. The molecule has 2 heteroatoms. The van der Waals surface area contributed by atoms with Crippen molar-refractivity contribution in [1.29, 1.82) is 0 Å². The van der Waals surface area contributed by atoms with Gasteiger partial charge in [0.15, 0.2) is 0 Å². The summed E-state index contributed by atoms with van der Waals surface area (Å²) in [5.41, 5.74) is 16.7. The molecule has 0 saturated heterocycles. The Hall–Kier alpha value is -7.68. The fourth-order valence-electron chi connectivity index (χ4n) is 10.0. The molecule has 11 aromatic rings. The molecule has 2 nitrogen and oxygen atoms in total. The number of aromatic nitrogens is 1. The Balaban J connectivity index is 1.09. The summed E-state index contributed by atoms with van der Waals surface area (Å²) >= 11 is 0. The molecule has 0 spiro atoms. The number of hydrogen-bond acceptors (Lipinski definition) is 1. The van der Waals surface area contributed by atoms with E-state index in [0.29, 0.717) is 0 Å². The zero-order valence-electron chi connectivity index (χ0n) is 34.2. The van der Waals surface area contributed by atoms with Crippen LogP contribution < -0.4 is 4.90 Å². The zero-order chi connectivity index (χ0) is 40.7. The molecule has 0 fully saturated rings. The van der Waals surface area contributed by atoms with Crippen molar-refractivity contribution in [2.45, 2.75) is 19.3 Å². The molecule has 0 aliphatic carbocycles. The number of nitrogens with zero attached hydrogens (tertiary/aromatic N) is 2. The molecule has 0 atom stereocenters. The van der Waals surface area contributed by atoms with E-state index in [9.17, 15) is 0 Å². The van der Waals surface area contributed by atoms with Crippen LogP contribution in [0.4, 0.5) is 17.1 Å². The van der Waals surface area contributed by atoms with Crippen molar-refractivity contribution in [1.82, 2.24) is 4.57 Å². The predicted molar refractivity (Wildman–Crippen MR) is 259 cm³/mol. The van der Waals surface area contributed by atoms with Gasteiger partial charge in [-0.2, -0.15) is 0 Å². The molecule has 10 aromatic carbocycles. The van der Waals surface area contributed by atoms with Gasteiger partial charge in [-0.25, -0.2) is 0 Å². The van der Waals surface area contributed by atoms with Gasteiger partial charge >= 0.3 is 0 Å². The van der Waals surface area contributed by atoms with Gasteiger partial charge in [0.1, 0.15) is 0 Å². The van der Waals surface area contributed by atoms with Crippen LogP contribution in [0, 0.1) is 0 Å². The Bertz CT molecular complexity index is 3440. The second-order valence-corrected chi connectivity index (χ2v) is 17.0. The lowest BCUT2D eigenvalue weighted by Crippen LogP contribution is -2.30. The summed E-state index contributed by atoms with van der Waals surface area (Å²) in [5.74, 6) is 0. The Kier molecular flexibility index (Phi) is 7.92. The van der Waals surface area contributed by atoms with E-state index in [2.05, 4.69) is 242 Å². The van der Waals surface area contributed by atoms with Crippen LogP contribution in [0.5, 0.6) is 0 Å². The molecule has 0 saturated carbocycles.